The fourth-order valence-corrected chi connectivity index (χ4v) is 3.70. The van der Waals surface area contributed by atoms with E-state index < -0.39 is 0 Å². The smallest absolute Gasteiger partial charge is 0.225 e. The van der Waals surface area contributed by atoms with Gasteiger partial charge in [-0.2, -0.15) is 5.26 Å². The first-order valence-corrected chi connectivity index (χ1v) is 9.09. The van der Waals surface area contributed by atoms with Gasteiger partial charge in [0.1, 0.15) is 23.2 Å². The summed E-state index contributed by atoms with van der Waals surface area (Å²) in [5.74, 6) is 0.646. The average Bonchev–Trinajstić information content (AvgIpc) is 2.66. The molecule has 0 fully saturated rings. The van der Waals surface area contributed by atoms with Gasteiger partial charge in [0.2, 0.25) is 5.91 Å². The Labute approximate surface area is 163 Å². The Morgan fingerprint density at radius 3 is 2.81 bits per heavy atom. The van der Waals surface area contributed by atoms with Crippen molar-refractivity contribution in [2.45, 2.75) is 26.8 Å². The van der Waals surface area contributed by atoms with E-state index in [-0.39, 0.29) is 23.2 Å². The Morgan fingerprint density at radius 1 is 1.44 bits per heavy atom. The number of ether oxygens (including phenoxy) is 1. The third kappa shape index (κ3) is 3.31. The second kappa shape index (κ2) is 7.45. The first kappa shape index (κ1) is 19.0. The normalized spacial score (nSPS) is 13.3. The van der Waals surface area contributed by atoms with Gasteiger partial charge < -0.3 is 15.4 Å². The molecule has 0 saturated carbocycles. The molecule has 1 aromatic carbocycles. The molecule has 0 aliphatic carbocycles. The minimum absolute atomic E-state index is 0.0682. The van der Waals surface area contributed by atoms with Crippen LogP contribution in [-0.4, -0.2) is 29.4 Å². The highest BCUT2D eigenvalue weighted by Gasteiger charge is 2.29. The predicted octanol–water partition coefficient (Wildman–Crippen LogP) is 3.41. The van der Waals surface area contributed by atoms with Gasteiger partial charge in [-0.3, -0.25) is 4.79 Å². The second-order valence-corrected chi connectivity index (χ2v) is 7.15. The van der Waals surface area contributed by atoms with Crippen LogP contribution in [0.4, 0.5) is 5.82 Å². The number of nitrogens with zero attached hydrogens (tertiary/aromatic N) is 3. The van der Waals surface area contributed by atoms with E-state index in [4.69, 9.17) is 22.1 Å². The molecule has 2 aromatic rings. The summed E-state index contributed by atoms with van der Waals surface area (Å²) >= 11 is 6.54. The van der Waals surface area contributed by atoms with Crippen molar-refractivity contribution < 1.29 is 9.53 Å². The van der Waals surface area contributed by atoms with Crippen molar-refractivity contribution in [3.8, 4) is 22.9 Å². The number of nitrogens with two attached hydrogens (primary N) is 1. The van der Waals surface area contributed by atoms with Crippen LogP contribution in [0.2, 0.25) is 5.02 Å². The largest absolute Gasteiger partial charge is 0.495 e. The molecule has 2 N–H and O–H groups in total. The number of anilines is 1. The molecule has 6 nitrogen and oxygen atoms in total. The molecule has 0 saturated heterocycles. The molecule has 3 rings (SSSR count). The molecule has 140 valence electrons. The molecule has 27 heavy (non-hydrogen) atoms. The van der Waals surface area contributed by atoms with E-state index in [1.54, 1.807) is 11.0 Å². The molecular weight excluding hydrogens is 364 g/mol. The number of hydrogen-bond acceptors (Lipinski definition) is 5. The number of hydrogen-bond donors (Lipinski definition) is 1. The van der Waals surface area contributed by atoms with E-state index >= 15 is 0 Å². The summed E-state index contributed by atoms with van der Waals surface area (Å²) in [6.45, 7) is 4.70. The molecular formula is C20H21ClN4O2. The number of nitriles is 1. The lowest BCUT2D eigenvalue weighted by molar-refractivity contribution is -0.135. The number of methoxy groups -OCH3 is 1. The second-order valence-electron chi connectivity index (χ2n) is 6.77. The van der Waals surface area contributed by atoms with E-state index in [1.807, 2.05) is 26.0 Å². The monoisotopic (exact) mass is 384 g/mol. The van der Waals surface area contributed by atoms with Gasteiger partial charge in [-0.25, -0.2) is 4.98 Å². The van der Waals surface area contributed by atoms with E-state index in [2.05, 4.69) is 11.1 Å². The highest BCUT2D eigenvalue weighted by atomic mass is 35.5. The molecule has 1 aliphatic rings. The van der Waals surface area contributed by atoms with E-state index in [0.29, 0.717) is 41.4 Å². The highest BCUT2D eigenvalue weighted by molar-refractivity contribution is 6.35. The number of carbonyl (C=O) groups is 1. The van der Waals surface area contributed by atoms with Gasteiger partial charge in [0.15, 0.2) is 0 Å². The number of amides is 1. The van der Waals surface area contributed by atoms with Crippen LogP contribution in [0.25, 0.3) is 11.1 Å². The lowest BCUT2D eigenvalue weighted by Crippen LogP contribution is -2.39. The van der Waals surface area contributed by atoms with Gasteiger partial charge >= 0.3 is 0 Å². The van der Waals surface area contributed by atoms with Crippen molar-refractivity contribution in [3.05, 3.63) is 40.0 Å². The van der Waals surface area contributed by atoms with Crippen LogP contribution in [-0.2, 0) is 17.8 Å². The molecule has 0 spiro atoms. The summed E-state index contributed by atoms with van der Waals surface area (Å²) in [5, 5.41) is 10.1. The molecule has 0 radical (unpaired) electrons. The number of fused-ring (bicyclic) bond motifs is 1. The third-order valence-electron chi connectivity index (χ3n) is 4.75. The molecule has 1 aliphatic heterocycles. The van der Waals surface area contributed by atoms with Gasteiger partial charge in [0.05, 0.1) is 17.8 Å². The van der Waals surface area contributed by atoms with Crippen molar-refractivity contribution in [3.63, 3.8) is 0 Å². The summed E-state index contributed by atoms with van der Waals surface area (Å²) < 4.78 is 5.32. The molecule has 7 heteroatoms. The number of nitrogen functional groups attached to an aromatic ring is 1. The fourth-order valence-electron chi connectivity index (χ4n) is 3.41. The zero-order valence-corrected chi connectivity index (χ0v) is 16.3. The highest BCUT2D eigenvalue weighted by Crippen LogP contribution is 2.41. The number of pyridine rings is 1. The van der Waals surface area contributed by atoms with Crippen LogP contribution < -0.4 is 10.5 Å². The van der Waals surface area contributed by atoms with Crippen molar-refractivity contribution in [2.24, 2.45) is 5.92 Å². The first-order valence-electron chi connectivity index (χ1n) is 8.72. The Morgan fingerprint density at radius 2 is 2.19 bits per heavy atom. The maximum atomic E-state index is 12.5. The Balaban J connectivity index is 2.24. The lowest BCUT2D eigenvalue weighted by atomic mass is 9.90. The van der Waals surface area contributed by atoms with Crippen LogP contribution in [0.1, 0.15) is 30.7 Å². The zero-order chi connectivity index (χ0) is 19.7. The average molecular weight is 385 g/mol. The summed E-state index contributed by atoms with van der Waals surface area (Å²) in [6.07, 6.45) is 0.582. The number of benzene rings is 1. The summed E-state index contributed by atoms with van der Waals surface area (Å²) in [6, 6.07) is 7.54. The molecule has 0 bridgehead atoms. The topological polar surface area (TPSA) is 92.2 Å². The van der Waals surface area contributed by atoms with Gasteiger partial charge in [0, 0.05) is 42.1 Å². The molecule has 1 aromatic heterocycles. The third-order valence-corrected chi connectivity index (χ3v) is 5.14. The van der Waals surface area contributed by atoms with E-state index in [1.165, 1.54) is 7.11 Å². The Bertz CT molecular complexity index is 950. The van der Waals surface area contributed by atoms with Crippen LogP contribution in [0.3, 0.4) is 0 Å². The summed E-state index contributed by atoms with van der Waals surface area (Å²) in [7, 11) is 1.54. The lowest BCUT2D eigenvalue weighted by Gasteiger charge is -2.32. The quantitative estimate of drug-likeness (QED) is 0.875. The SMILES string of the molecule is COc1cccc(-c2c(C#N)c(N)nc3c2CN(C(=O)C(C)C)CC3)c1Cl. The van der Waals surface area contributed by atoms with Gasteiger partial charge in [-0.1, -0.05) is 37.6 Å². The van der Waals surface area contributed by atoms with Crippen molar-refractivity contribution in [1.29, 1.82) is 5.26 Å². The molecule has 2 heterocycles. The first-order chi connectivity index (χ1) is 12.9. The molecule has 0 unspecified atom stereocenters. The van der Waals surface area contributed by atoms with Crippen LogP contribution >= 0.6 is 11.6 Å². The van der Waals surface area contributed by atoms with E-state index in [0.717, 1.165) is 11.3 Å². The standard InChI is InChI=1S/C20H21ClN4O2/c1-11(2)20(26)25-8-7-15-14(10-25)17(13(9-22)19(23)24-15)12-5-4-6-16(27-3)18(12)21/h4-6,11H,7-8,10H2,1-3H3,(H2,23,24). The number of rotatable bonds is 3. The number of carbonyl (C=O) groups excluding carboxylic acids is 1. The zero-order valence-electron chi connectivity index (χ0n) is 15.5. The van der Waals surface area contributed by atoms with Crippen molar-refractivity contribution in [2.75, 3.05) is 19.4 Å². The number of aromatic nitrogens is 1. The summed E-state index contributed by atoms with van der Waals surface area (Å²) in [4.78, 5) is 18.7. The minimum Gasteiger partial charge on any atom is -0.495 e. The summed E-state index contributed by atoms with van der Waals surface area (Å²) in [5.41, 5.74) is 9.23. The van der Waals surface area contributed by atoms with Crippen LogP contribution in [0.15, 0.2) is 18.2 Å². The van der Waals surface area contributed by atoms with Gasteiger partial charge in [-0.15, -0.1) is 0 Å². The van der Waals surface area contributed by atoms with Crippen LogP contribution in [0, 0.1) is 17.2 Å². The van der Waals surface area contributed by atoms with Crippen molar-refractivity contribution >= 4 is 23.3 Å². The molecule has 1 amide bonds. The predicted molar refractivity (Wildman–Crippen MR) is 104 cm³/mol. The van der Waals surface area contributed by atoms with Crippen molar-refractivity contribution in [1.82, 2.24) is 9.88 Å². The Kier molecular flexibility index (Phi) is 5.24. The maximum Gasteiger partial charge on any atom is 0.225 e. The van der Waals surface area contributed by atoms with E-state index in [9.17, 15) is 10.1 Å². The molecule has 0 atom stereocenters. The van der Waals surface area contributed by atoms with Crippen LogP contribution in [0.5, 0.6) is 5.75 Å². The van der Waals surface area contributed by atoms with Gasteiger partial charge in [-0.05, 0) is 6.07 Å². The Hall–Kier alpha value is -2.78. The number of halogens is 1. The van der Waals surface area contributed by atoms with Gasteiger partial charge in [0.25, 0.3) is 0 Å². The fraction of sp³-hybridized carbons (Fsp3) is 0.350. The minimum atomic E-state index is -0.104. The maximum absolute atomic E-state index is 12.5.